The van der Waals surface area contributed by atoms with Crippen molar-refractivity contribution < 1.29 is 13.2 Å². The Morgan fingerprint density at radius 3 is 2.38 bits per heavy atom. The number of hydrogen-bond acceptors (Lipinski definition) is 4. The molecule has 5 nitrogen and oxygen atoms in total. The summed E-state index contributed by atoms with van der Waals surface area (Å²) in [6.07, 6.45) is 0.740. The van der Waals surface area contributed by atoms with Crippen LogP contribution in [0.2, 0.25) is 10.0 Å². The van der Waals surface area contributed by atoms with Gasteiger partial charge in [0.2, 0.25) is 10.0 Å². The van der Waals surface area contributed by atoms with Crippen LogP contribution >= 0.6 is 23.2 Å². The molecule has 0 saturated heterocycles. The average Bonchev–Trinajstić information content (AvgIpc) is 2.54. The monoisotopic (exact) mass is 416 g/mol. The first-order valence-electron chi connectivity index (χ1n) is 8.14. The normalized spacial score (nSPS) is 11.8. The summed E-state index contributed by atoms with van der Waals surface area (Å²) in [7, 11) is -3.66. The van der Waals surface area contributed by atoms with E-state index < -0.39 is 10.0 Å². The van der Waals surface area contributed by atoms with Crippen molar-refractivity contribution in [3.05, 3.63) is 57.6 Å². The summed E-state index contributed by atoms with van der Waals surface area (Å²) in [4.78, 5) is 0.109. The summed E-state index contributed by atoms with van der Waals surface area (Å²) in [6, 6.07) is 10.0. The molecule has 0 heterocycles. The van der Waals surface area contributed by atoms with Crippen molar-refractivity contribution in [2.24, 2.45) is 5.14 Å². The summed E-state index contributed by atoms with van der Waals surface area (Å²) in [5, 5.41) is 9.46. The minimum atomic E-state index is -3.66. The maximum Gasteiger partial charge on any atom is 0.238 e. The molecule has 0 bridgehead atoms. The van der Waals surface area contributed by atoms with E-state index in [0.29, 0.717) is 28.9 Å². The van der Waals surface area contributed by atoms with Crippen LogP contribution in [0.1, 0.15) is 25.0 Å². The first-order chi connectivity index (χ1) is 12.2. The van der Waals surface area contributed by atoms with Crippen LogP contribution in [-0.2, 0) is 23.0 Å². The third kappa shape index (κ3) is 6.14. The van der Waals surface area contributed by atoms with Gasteiger partial charge in [-0.25, -0.2) is 13.6 Å². The van der Waals surface area contributed by atoms with Gasteiger partial charge in [0.05, 0.1) is 16.0 Å². The van der Waals surface area contributed by atoms with Gasteiger partial charge in [-0.1, -0.05) is 35.3 Å². The van der Waals surface area contributed by atoms with E-state index in [-0.39, 0.29) is 11.0 Å². The van der Waals surface area contributed by atoms with E-state index in [0.717, 1.165) is 17.5 Å². The smallest absolute Gasteiger partial charge is 0.238 e. The lowest BCUT2D eigenvalue weighted by atomic mass is 10.1. The average molecular weight is 417 g/mol. The van der Waals surface area contributed by atoms with Gasteiger partial charge in [-0.2, -0.15) is 0 Å². The number of nitrogens with one attached hydrogen (secondary N) is 1. The fraction of sp³-hybridized carbons (Fsp3) is 0.333. The number of primary sulfonamides is 1. The van der Waals surface area contributed by atoms with E-state index in [2.05, 4.69) is 5.32 Å². The molecule has 2 aromatic carbocycles. The lowest BCUT2D eigenvalue weighted by Gasteiger charge is -2.17. The van der Waals surface area contributed by atoms with Crippen molar-refractivity contribution in [3.63, 3.8) is 0 Å². The van der Waals surface area contributed by atoms with Crippen LogP contribution in [0.4, 0.5) is 0 Å². The molecule has 0 aromatic heterocycles. The van der Waals surface area contributed by atoms with Gasteiger partial charge < -0.3 is 10.1 Å². The molecule has 0 aliphatic heterocycles. The Balaban J connectivity index is 1.96. The van der Waals surface area contributed by atoms with Crippen LogP contribution in [0.5, 0.6) is 5.75 Å². The predicted molar refractivity (Wildman–Crippen MR) is 105 cm³/mol. The zero-order chi connectivity index (χ0) is 19.3. The summed E-state index contributed by atoms with van der Waals surface area (Å²) in [5.41, 5.74) is 1.90. The number of nitrogens with two attached hydrogens (primary N) is 1. The van der Waals surface area contributed by atoms with Gasteiger partial charge in [0.1, 0.15) is 5.75 Å². The molecule has 2 aromatic rings. The van der Waals surface area contributed by atoms with Gasteiger partial charge in [0.25, 0.3) is 0 Å². The largest absolute Gasteiger partial charge is 0.489 e. The van der Waals surface area contributed by atoms with E-state index in [9.17, 15) is 8.42 Å². The molecule has 0 aliphatic carbocycles. The molecule has 0 unspecified atom stereocenters. The fourth-order valence-corrected chi connectivity index (χ4v) is 3.51. The maximum atomic E-state index is 11.3. The number of ether oxygens (including phenoxy) is 1. The number of rotatable bonds is 8. The minimum absolute atomic E-state index is 0.00441. The molecule has 8 heteroatoms. The van der Waals surface area contributed by atoms with Crippen LogP contribution < -0.4 is 15.2 Å². The number of benzene rings is 2. The van der Waals surface area contributed by atoms with Crippen molar-refractivity contribution in [1.29, 1.82) is 0 Å². The minimum Gasteiger partial charge on any atom is -0.489 e. The van der Waals surface area contributed by atoms with Gasteiger partial charge in [-0.15, -0.1) is 0 Å². The lowest BCUT2D eigenvalue weighted by Crippen LogP contribution is -2.18. The van der Waals surface area contributed by atoms with Gasteiger partial charge in [0, 0.05) is 17.1 Å². The first-order valence-corrected chi connectivity index (χ1v) is 10.4. The molecular weight excluding hydrogens is 395 g/mol. The van der Waals surface area contributed by atoms with Crippen LogP contribution in [0, 0.1) is 0 Å². The Bertz CT molecular complexity index is 853. The molecule has 0 atom stereocenters. The third-order valence-electron chi connectivity index (χ3n) is 3.60. The van der Waals surface area contributed by atoms with E-state index in [1.54, 1.807) is 18.2 Å². The standard InChI is InChI=1S/C18H22Cl2N2O3S/c1-12(2)25-18-14(9-15(19)10-17(18)20)11-22-8-7-13-3-5-16(6-4-13)26(21,23)24/h3-6,9-10,12,22H,7-8,11H2,1-2H3,(H2,21,23,24). The number of hydrogen-bond donors (Lipinski definition) is 2. The van der Waals surface area contributed by atoms with Crippen molar-refractivity contribution in [2.45, 2.75) is 37.8 Å². The molecule has 0 radical (unpaired) electrons. The topological polar surface area (TPSA) is 81.4 Å². The summed E-state index contributed by atoms with van der Waals surface area (Å²) in [6.45, 7) is 5.12. The Kier molecular flexibility index (Phi) is 7.32. The highest BCUT2D eigenvalue weighted by atomic mass is 35.5. The fourth-order valence-electron chi connectivity index (χ4n) is 2.41. The molecule has 0 spiro atoms. The van der Waals surface area contributed by atoms with Gasteiger partial charge >= 0.3 is 0 Å². The predicted octanol–water partition coefficient (Wildman–Crippen LogP) is 3.76. The summed E-state index contributed by atoms with van der Waals surface area (Å²) >= 11 is 12.3. The molecule has 0 fully saturated rings. The number of halogens is 2. The van der Waals surface area contributed by atoms with Crippen molar-refractivity contribution in [3.8, 4) is 5.75 Å². The first kappa shape index (κ1) is 21.0. The third-order valence-corrected chi connectivity index (χ3v) is 5.02. The molecule has 0 saturated carbocycles. The number of sulfonamides is 1. The van der Waals surface area contributed by atoms with E-state index >= 15 is 0 Å². The van der Waals surface area contributed by atoms with Crippen LogP contribution in [0.25, 0.3) is 0 Å². The van der Waals surface area contributed by atoms with E-state index in [4.69, 9.17) is 33.1 Å². The molecule has 0 amide bonds. The highest BCUT2D eigenvalue weighted by Crippen LogP contribution is 2.33. The summed E-state index contributed by atoms with van der Waals surface area (Å²) < 4.78 is 28.3. The van der Waals surface area contributed by atoms with Crippen molar-refractivity contribution >= 4 is 33.2 Å². The quantitative estimate of drug-likeness (QED) is 0.641. The zero-order valence-corrected chi connectivity index (χ0v) is 17.0. The second kappa shape index (κ2) is 9.06. The van der Waals surface area contributed by atoms with Gasteiger partial charge in [-0.05, 0) is 56.6 Å². The van der Waals surface area contributed by atoms with Crippen molar-refractivity contribution in [1.82, 2.24) is 5.32 Å². The maximum absolute atomic E-state index is 11.3. The van der Waals surface area contributed by atoms with E-state index in [1.165, 1.54) is 12.1 Å². The Labute approximate surface area is 164 Å². The van der Waals surface area contributed by atoms with Crippen LogP contribution in [-0.4, -0.2) is 21.1 Å². The van der Waals surface area contributed by atoms with Crippen LogP contribution in [0.3, 0.4) is 0 Å². The highest BCUT2D eigenvalue weighted by Gasteiger charge is 2.12. The Morgan fingerprint density at radius 2 is 1.81 bits per heavy atom. The zero-order valence-electron chi connectivity index (χ0n) is 14.6. The van der Waals surface area contributed by atoms with Crippen LogP contribution in [0.15, 0.2) is 41.3 Å². The van der Waals surface area contributed by atoms with Gasteiger partial charge in [-0.3, -0.25) is 0 Å². The SMILES string of the molecule is CC(C)Oc1c(Cl)cc(Cl)cc1CNCCc1ccc(S(N)(=O)=O)cc1. The van der Waals surface area contributed by atoms with Crippen molar-refractivity contribution in [2.75, 3.05) is 6.54 Å². The molecule has 0 aliphatic rings. The second-order valence-electron chi connectivity index (χ2n) is 6.16. The highest BCUT2D eigenvalue weighted by molar-refractivity contribution is 7.89. The molecule has 2 rings (SSSR count). The Morgan fingerprint density at radius 1 is 1.15 bits per heavy atom. The van der Waals surface area contributed by atoms with Gasteiger partial charge in [0.15, 0.2) is 0 Å². The molecular formula is C18H22Cl2N2O3S. The summed E-state index contributed by atoms with van der Waals surface area (Å²) in [5.74, 6) is 0.635. The lowest BCUT2D eigenvalue weighted by molar-refractivity contribution is 0.239. The molecule has 142 valence electrons. The van der Waals surface area contributed by atoms with E-state index in [1.807, 2.05) is 19.9 Å². The molecule has 26 heavy (non-hydrogen) atoms. The molecule has 3 N–H and O–H groups in total. The Hall–Kier alpha value is -1.31. The second-order valence-corrected chi connectivity index (χ2v) is 8.56.